The number of anilines is 1. The number of benzene rings is 1. The first-order chi connectivity index (χ1) is 7.66. The van der Waals surface area contributed by atoms with E-state index in [1.54, 1.807) is 0 Å². The molecule has 16 heavy (non-hydrogen) atoms. The highest BCUT2D eigenvalue weighted by molar-refractivity contribution is 6.30. The Morgan fingerprint density at radius 2 is 2.00 bits per heavy atom. The van der Waals surface area contributed by atoms with Gasteiger partial charge in [0.2, 0.25) is 0 Å². The van der Waals surface area contributed by atoms with Gasteiger partial charge in [-0.3, -0.25) is 0 Å². The second kappa shape index (κ2) is 5.04. The second-order valence-corrected chi connectivity index (χ2v) is 4.73. The van der Waals surface area contributed by atoms with Crippen LogP contribution in [0.2, 0.25) is 5.02 Å². The molecule has 88 valence electrons. The third kappa shape index (κ3) is 2.67. The number of halogens is 1. The van der Waals surface area contributed by atoms with Crippen molar-refractivity contribution in [1.82, 2.24) is 5.32 Å². The van der Waals surface area contributed by atoms with Crippen LogP contribution in [0.4, 0.5) is 5.69 Å². The van der Waals surface area contributed by atoms with Crippen LogP contribution in [-0.2, 0) is 0 Å². The van der Waals surface area contributed by atoms with Crippen LogP contribution in [0.15, 0.2) is 24.3 Å². The van der Waals surface area contributed by atoms with Crippen LogP contribution in [0.25, 0.3) is 0 Å². The smallest absolute Gasteiger partial charge is 0.0839 e. The van der Waals surface area contributed by atoms with Crippen LogP contribution >= 0.6 is 11.6 Å². The molecule has 2 N–H and O–H groups in total. The van der Waals surface area contributed by atoms with Gasteiger partial charge in [-0.1, -0.05) is 11.6 Å². The minimum absolute atomic E-state index is 0.319. The molecule has 3 nitrogen and oxygen atoms in total. The topological polar surface area (TPSA) is 35.5 Å². The number of hydrogen-bond acceptors (Lipinski definition) is 3. The number of rotatable bonds is 1. The predicted octanol–water partition coefficient (Wildman–Crippen LogP) is 1.50. The average Bonchev–Trinajstić information content (AvgIpc) is 2.42. The summed E-state index contributed by atoms with van der Waals surface area (Å²) in [5.41, 5.74) is 1.11. The lowest BCUT2D eigenvalue weighted by atomic mass is 10.2. The Kier molecular flexibility index (Phi) is 3.69. The van der Waals surface area contributed by atoms with Crippen LogP contribution in [0.5, 0.6) is 0 Å². The molecule has 0 aliphatic carbocycles. The molecular formula is C12H17ClN2O. The van der Waals surface area contributed by atoms with Gasteiger partial charge in [0.25, 0.3) is 0 Å². The molecule has 1 aliphatic heterocycles. The van der Waals surface area contributed by atoms with Crippen molar-refractivity contribution in [3.63, 3.8) is 0 Å². The predicted molar refractivity (Wildman–Crippen MR) is 67.1 cm³/mol. The largest absolute Gasteiger partial charge is 0.390 e. The molecule has 2 atom stereocenters. The van der Waals surface area contributed by atoms with Crippen molar-refractivity contribution >= 4 is 17.3 Å². The number of β-amino-alcohol motifs (C(OH)–C–C–N with tert-alkyl or cyclic N) is 1. The summed E-state index contributed by atoms with van der Waals surface area (Å²) in [6, 6.07) is 8.13. The van der Waals surface area contributed by atoms with Crippen molar-refractivity contribution in [2.75, 3.05) is 24.5 Å². The van der Waals surface area contributed by atoms with E-state index in [1.165, 1.54) is 0 Å². The quantitative estimate of drug-likeness (QED) is 0.781. The lowest BCUT2D eigenvalue weighted by Gasteiger charge is -2.30. The number of aliphatic hydroxyl groups is 1. The normalized spacial score (nSPS) is 26.6. The SMILES string of the molecule is CC1CNCC(O)CN1c1ccc(Cl)cc1. The summed E-state index contributed by atoms with van der Waals surface area (Å²) in [6.45, 7) is 4.36. The molecule has 1 fully saturated rings. The molecule has 2 rings (SSSR count). The van der Waals surface area contributed by atoms with Crippen LogP contribution in [-0.4, -0.2) is 36.9 Å². The van der Waals surface area contributed by atoms with E-state index >= 15 is 0 Å². The molecule has 0 amide bonds. The van der Waals surface area contributed by atoms with E-state index in [9.17, 15) is 5.11 Å². The van der Waals surface area contributed by atoms with E-state index < -0.39 is 0 Å². The Balaban J connectivity index is 2.19. The van der Waals surface area contributed by atoms with Crippen molar-refractivity contribution in [3.05, 3.63) is 29.3 Å². The highest BCUT2D eigenvalue weighted by Gasteiger charge is 2.21. The Labute approximate surface area is 101 Å². The van der Waals surface area contributed by atoms with Crippen LogP contribution < -0.4 is 10.2 Å². The molecule has 0 radical (unpaired) electrons. The van der Waals surface area contributed by atoms with E-state index in [0.29, 0.717) is 19.1 Å². The van der Waals surface area contributed by atoms with Gasteiger partial charge in [-0.25, -0.2) is 0 Å². The molecule has 1 heterocycles. The zero-order valence-corrected chi connectivity index (χ0v) is 10.1. The summed E-state index contributed by atoms with van der Waals surface area (Å²) in [5.74, 6) is 0. The zero-order valence-electron chi connectivity index (χ0n) is 9.36. The summed E-state index contributed by atoms with van der Waals surface area (Å²) in [6.07, 6.45) is -0.319. The fourth-order valence-electron chi connectivity index (χ4n) is 2.03. The van der Waals surface area contributed by atoms with Crippen molar-refractivity contribution in [2.45, 2.75) is 19.1 Å². The standard InChI is InChI=1S/C12H17ClN2O/c1-9-6-14-7-12(16)8-15(9)11-4-2-10(13)3-5-11/h2-5,9,12,14,16H,6-8H2,1H3. The van der Waals surface area contributed by atoms with Gasteiger partial charge in [-0.05, 0) is 31.2 Å². The van der Waals surface area contributed by atoms with Crippen molar-refractivity contribution < 1.29 is 5.11 Å². The van der Waals surface area contributed by atoms with Gasteiger partial charge in [0.15, 0.2) is 0 Å². The number of hydrogen-bond donors (Lipinski definition) is 2. The minimum Gasteiger partial charge on any atom is -0.390 e. The highest BCUT2D eigenvalue weighted by atomic mass is 35.5. The van der Waals surface area contributed by atoms with E-state index in [1.807, 2.05) is 24.3 Å². The molecule has 0 spiro atoms. The molecule has 0 aromatic heterocycles. The van der Waals surface area contributed by atoms with E-state index in [4.69, 9.17) is 11.6 Å². The van der Waals surface area contributed by atoms with Gasteiger partial charge >= 0.3 is 0 Å². The summed E-state index contributed by atoms with van der Waals surface area (Å²) in [5, 5.41) is 13.7. The monoisotopic (exact) mass is 240 g/mol. The van der Waals surface area contributed by atoms with Crippen molar-refractivity contribution in [1.29, 1.82) is 0 Å². The Morgan fingerprint density at radius 1 is 1.31 bits per heavy atom. The van der Waals surface area contributed by atoms with Gasteiger partial charge in [0.05, 0.1) is 6.10 Å². The van der Waals surface area contributed by atoms with Crippen LogP contribution in [0.3, 0.4) is 0 Å². The van der Waals surface area contributed by atoms with E-state index in [2.05, 4.69) is 17.1 Å². The second-order valence-electron chi connectivity index (χ2n) is 4.29. The highest BCUT2D eigenvalue weighted by Crippen LogP contribution is 2.21. The third-order valence-electron chi connectivity index (χ3n) is 2.92. The van der Waals surface area contributed by atoms with E-state index in [0.717, 1.165) is 17.3 Å². The lowest BCUT2D eigenvalue weighted by Crippen LogP contribution is -2.39. The molecule has 1 aromatic carbocycles. The Morgan fingerprint density at radius 3 is 2.69 bits per heavy atom. The van der Waals surface area contributed by atoms with Gasteiger partial charge in [-0.2, -0.15) is 0 Å². The fraction of sp³-hybridized carbons (Fsp3) is 0.500. The first kappa shape index (κ1) is 11.7. The number of nitrogens with one attached hydrogen (secondary N) is 1. The third-order valence-corrected chi connectivity index (χ3v) is 3.17. The lowest BCUT2D eigenvalue weighted by molar-refractivity contribution is 0.184. The molecule has 1 saturated heterocycles. The maximum absolute atomic E-state index is 9.76. The maximum Gasteiger partial charge on any atom is 0.0839 e. The van der Waals surface area contributed by atoms with Crippen LogP contribution in [0, 0.1) is 0 Å². The van der Waals surface area contributed by atoms with Crippen LogP contribution in [0.1, 0.15) is 6.92 Å². The summed E-state index contributed by atoms with van der Waals surface area (Å²) < 4.78 is 0. The molecule has 1 aromatic rings. The summed E-state index contributed by atoms with van der Waals surface area (Å²) in [7, 11) is 0. The minimum atomic E-state index is -0.319. The van der Waals surface area contributed by atoms with Gasteiger partial charge in [0, 0.05) is 36.4 Å². The number of aliphatic hydroxyl groups excluding tert-OH is 1. The van der Waals surface area contributed by atoms with E-state index in [-0.39, 0.29) is 6.10 Å². The molecule has 0 bridgehead atoms. The zero-order chi connectivity index (χ0) is 11.5. The fourth-order valence-corrected chi connectivity index (χ4v) is 2.16. The summed E-state index contributed by atoms with van der Waals surface area (Å²) in [4.78, 5) is 2.21. The molecular weight excluding hydrogens is 224 g/mol. The molecule has 1 aliphatic rings. The van der Waals surface area contributed by atoms with Crippen molar-refractivity contribution in [2.24, 2.45) is 0 Å². The first-order valence-electron chi connectivity index (χ1n) is 5.58. The Hall–Kier alpha value is -0.770. The molecule has 2 unspecified atom stereocenters. The first-order valence-corrected chi connectivity index (χ1v) is 5.95. The maximum atomic E-state index is 9.76. The van der Waals surface area contributed by atoms with Gasteiger partial charge < -0.3 is 15.3 Å². The average molecular weight is 241 g/mol. The molecule has 0 saturated carbocycles. The molecule has 4 heteroatoms. The van der Waals surface area contributed by atoms with Gasteiger partial charge in [-0.15, -0.1) is 0 Å². The summed E-state index contributed by atoms with van der Waals surface area (Å²) >= 11 is 5.87. The Bertz CT molecular complexity index is 341. The van der Waals surface area contributed by atoms with Gasteiger partial charge in [0.1, 0.15) is 0 Å². The number of nitrogens with zero attached hydrogens (tertiary/aromatic N) is 1. The van der Waals surface area contributed by atoms with Crippen molar-refractivity contribution in [3.8, 4) is 0 Å².